The van der Waals surface area contributed by atoms with Crippen LogP contribution in [0.5, 0.6) is 0 Å². The number of allylic oxidation sites excluding steroid dienone is 1. The number of benzene rings is 1. The van der Waals surface area contributed by atoms with Gasteiger partial charge >= 0.3 is 0 Å². The highest BCUT2D eigenvalue weighted by atomic mass is 32.2. The molecule has 0 amide bonds. The van der Waals surface area contributed by atoms with Gasteiger partial charge in [-0.25, -0.2) is 8.42 Å². The lowest BCUT2D eigenvalue weighted by Gasteiger charge is -2.17. The zero-order valence-electron chi connectivity index (χ0n) is 9.59. The highest BCUT2D eigenvalue weighted by Crippen LogP contribution is 2.27. The third-order valence-corrected chi connectivity index (χ3v) is 4.54. The molecular formula is C12H13NO3S2. The van der Waals surface area contributed by atoms with E-state index >= 15 is 0 Å². The Morgan fingerprint density at radius 1 is 1.33 bits per heavy atom. The van der Waals surface area contributed by atoms with Crippen LogP contribution in [0.25, 0.3) is 0 Å². The van der Waals surface area contributed by atoms with Crippen molar-refractivity contribution >= 4 is 28.2 Å². The second-order valence-electron chi connectivity index (χ2n) is 3.93. The normalized spacial score (nSPS) is 19.6. The van der Waals surface area contributed by atoms with E-state index in [1.54, 1.807) is 24.3 Å². The van der Waals surface area contributed by atoms with Crippen molar-refractivity contribution in [2.24, 2.45) is 0 Å². The van der Waals surface area contributed by atoms with Crippen LogP contribution in [0.1, 0.15) is 15.9 Å². The number of nitrogens with one attached hydrogen (secondary N) is 1. The Balaban J connectivity index is 2.44. The molecule has 0 spiro atoms. The molecule has 0 aromatic heterocycles. The van der Waals surface area contributed by atoms with Crippen LogP contribution in [0.4, 0.5) is 0 Å². The Labute approximate surface area is 111 Å². The van der Waals surface area contributed by atoms with E-state index in [0.717, 1.165) is 0 Å². The van der Waals surface area contributed by atoms with Crippen molar-refractivity contribution in [1.29, 1.82) is 0 Å². The molecule has 1 aromatic carbocycles. The molecule has 1 heterocycles. The van der Waals surface area contributed by atoms with Crippen molar-refractivity contribution in [2.75, 3.05) is 12.3 Å². The van der Waals surface area contributed by atoms with Crippen LogP contribution in [-0.2, 0) is 15.6 Å². The van der Waals surface area contributed by atoms with Gasteiger partial charge in [-0.3, -0.25) is 4.79 Å². The highest BCUT2D eigenvalue weighted by Gasteiger charge is 2.33. The fraction of sp³-hybridized carbons (Fsp3) is 0.250. The second-order valence-corrected chi connectivity index (χ2v) is 6.34. The number of sulfone groups is 1. The number of thiol groups is 1. The Kier molecular flexibility index (Phi) is 3.77. The lowest BCUT2D eigenvalue weighted by atomic mass is 10.0. The quantitative estimate of drug-likeness (QED) is 0.496. The summed E-state index contributed by atoms with van der Waals surface area (Å²) >= 11 is 4.00. The van der Waals surface area contributed by atoms with Gasteiger partial charge in [0.15, 0.2) is 9.84 Å². The minimum atomic E-state index is -3.54. The molecule has 6 heteroatoms. The van der Waals surface area contributed by atoms with Crippen LogP contribution in [0.3, 0.4) is 0 Å². The van der Waals surface area contributed by atoms with E-state index in [4.69, 9.17) is 0 Å². The van der Waals surface area contributed by atoms with Crippen LogP contribution in [0.15, 0.2) is 35.4 Å². The minimum Gasteiger partial charge on any atom is -0.389 e. The number of hydrogen-bond donors (Lipinski definition) is 2. The number of Topliss-reactive ketones (excluding diaryl/α,β-unsaturated/α-hetero) is 1. The van der Waals surface area contributed by atoms with Gasteiger partial charge in [0.2, 0.25) is 5.78 Å². The van der Waals surface area contributed by atoms with E-state index in [1.807, 2.05) is 0 Å². The number of ketones is 1. The van der Waals surface area contributed by atoms with Gasteiger partial charge in [-0.2, -0.15) is 12.6 Å². The summed E-state index contributed by atoms with van der Waals surface area (Å²) in [5.41, 5.74) is 1.03. The van der Waals surface area contributed by atoms with Crippen LogP contribution >= 0.6 is 12.6 Å². The standard InChI is InChI=1S/C12H13NO3S2/c14-12-10-4-2-1-3-9(10)8-18(15,16)11(12)7-13-5-6-17/h1-4,7,13,17H,5-6,8H2. The zero-order chi connectivity index (χ0) is 13.2. The van der Waals surface area contributed by atoms with Crippen molar-refractivity contribution in [3.05, 3.63) is 46.5 Å². The van der Waals surface area contributed by atoms with Gasteiger partial charge in [0.05, 0.1) is 5.75 Å². The summed E-state index contributed by atoms with van der Waals surface area (Å²) in [7, 11) is -3.54. The van der Waals surface area contributed by atoms with E-state index in [0.29, 0.717) is 23.4 Å². The van der Waals surface area contributed by atoms with E-state index in [1.165, 1.54) is 6.20 Å². The van der Waals surface area contributed by atoms with Crippen molar-refractivity contribution in [3.63, 3.8) is 0 Å². The smallest absolute Gasteiger partial charge is 0.206 e. The molecule has 0 radical (unpaired) electrons. The van der Waals surface area contributed by atoms with Gasteiger partial charge in [-0.15, -0.1) is 0 Å². The van der Waals surface area contributed by atoms with Crippen LogP contribution in [0.2, 0.25) is 0 Å². The van der Waals surface area contributed by atoms with E-state index in [-0.39, 0.29) is 10.7 Å². The first kappa shape index (κ1) is 13.2. The SMILES string of the molecule is O=C1C(=CNCCS)S(=O)(=O)Cc2ccccc21. The number of carbonyl (C=O) groups excluding carboxylic acids is 1. The third-order valence-electron chi connectivity index (χ3n) is 2.66. The van der Waals surface area contributed by atoms with Gasteiger partial charge in [-0.1, -0.05) is 24.3 Å². The molecule has 0 saturated heterocycles. The number of rotatable bonds is 3. The maximum Gasteiger partial charge on any atom is 0.206 e. The molecular weight excluding hydrogens is 270 g/mol. The maximum absolute atomic E-state index is 12.1. The largest absolute Gasteiger partial charge is 0.389 e. The molecule has 4 nitrogen and oxygen atoms in total. The van der Waals surface area contributed by atoms with Crippen molar-refractivity contribution in [2.45, 2.75) is 5.75 Å². The van der Waals surface area contributed by atoms with Gasteiger partial charge in [0.1, 0.15) is 4.91 Å². The topological polar surface area (TPSA) is 63.2 Å². The average molecular weight is 283 g/mol. The monoisotopic (exact) mass is 283 g/mol. The van der Waals surface area contributed by atoms with Crippen LogP contribution < -0.4 is 5.32 Å². The molecule has 0 fully saturated rings. The summed E-state index contributed by atoms with van der Waals surface area (Å²) in [6.07, 6.45) is 1.28. The molecule has 18 heavy (non-hydrogen) atoms. The van der Waals surface area contributed by atoms with Crippen LogP contribution in [-0.4, -0.2) is 26.5 Å². The predicted octanol–water partition coefficient (Wildman–Crippen LogP) is 1.16. The molecule has 96 valence electrons. The number of fused-ring (bicyclic) bond motifs is 1. The van der Waals surface area contributed by atoms with Gasteiger partial charge in [0.25, 0.3) is 0 Å². The molecule has 1 N–H and O–H groups in total. The summed E-state index contributed by atoms with van der Waals surface area (Å²) < 4.78 is 24.0. The highest BCUT2D eigenvalue weighted by molar-refractivity contribution is 7.95. The molecule has 0 bridgehead atoms. The van der Waals surface area contributed by atoms with Crippen molar-refractivity contribution in [3.8, 4) is 0 Å². The molecule has 2 rings (SSSR count). The summed E-state index contributed by atoms with van der Waals surface area (Å²) in [5, 5.41) is 2.78. The summed E-state index contributed by atoms with van der Waals surface area (Å²) in [6, 6.07) is 6.78. The minimum absolute atomic E-state index is 0.122. The number of carbonyl (C=O) groups is 1. The zero-order valence-corrected chi connectivity index (χ0v) is 11.3. The van der Waals surface area contributed by atoms with Crippen LogP contribution in [0, 0.1) is 0 Å². The fourth-order valence-electron chi connectivity index (χ4n) is 1.81. The van der Waals surface area contributed by atoms with Gasteiger partial charge in [-0.05, 0) is 5.56 Å². The Hall–Kier alpha value is -1.27. The first-order valence-corrected chi connectivity index (χ1v) is 7.74. The lowest BCUT2D eigenvalue weighted by molar-refractivity contribution is 0.103. The Morgan fingerprint density at radius 3 is 2.78 bits per heavy atom. The first-order chi connectivity index (χ1) is 8.56. The Bertz CT molecular complexity index is 606. The van der Waals surface area contributed by atoms with Gasteiger partial charge < -0.3 is 5.32 Å². The molecule has 1 aliphatic rings. The summed E-state index contributed by atoms with van der Waals surface area (Å²) in [5.74, 6) is 0.00118. The maximum atomic E-state index is 12.1. The summed E-state index contributed by atoms with van der Waals surface area (Å²) in [6.45, 7) is 0.511. The summed E-state index contributed by atoms with van der Waals surface area (Å²) in [4.78, 5) is 12.0. The molecule has 0 atom stereocenters. The molecule has 1 aliphatic heterocycles. The third kappa shape index (κ3) is 2.44. The van der Waals surface area contributed by atoms with Gasteiger partial charge in [0, 0.05) is 24.1 Å². The molecule has 1 aromatic rings. The lowest BCUT2D eigenvalue weighted by Crippen LogP contribution is -2.25. The number of hydrogen-bond acceptors (Lipinski definition) is 5. The predicted molar refractivity (Wildman–Crippen MR) is 73.3 cm³/mol. The average Bonchev–Trinajstić information content (AvgIpc) is 2.33. The Morgan fingerprint density at radius 2 is 2.06 bits per heavy atom. The first-order valence-electron chi connectivity index (χ1n) is 5.46. The molecule has 0 saturated carbocycles. The van der Waals surface area contributed by atoms with Crippen molar-refractivity contribution < 1.29 is 13.2 Å². The molecule has 0 unspecified atom stereocenters. The molecule has 0 aliphatic carbocycles. The van der Waals surface area contributed by atoms with E-state index in [2.05, 4.69) is 17.9 Å². The fourth-order valence-corrected chi connectivity index (χ4v) is 3.41. The van der Waals surface area contributed by atoms with E-state index in [9.17, 15) is 13.2 Å². The second kappa shape index (κ2) is 5.16. The van der Waals surface area contributed by atoms with Crippen molar-refractivity contribution in [1.82, 2.24) is 5.32 Å². The van der Waals surface area contributed by atoms with E-state index < -0.39 is 15.6 Å².